The van der Waals surface area contributed by atoms with Crippen molar-refractivity contribution in [1.29, 1.82) is 0 Å². The van der Waals surface area contributed by atoms with Crippen LogP contribution in [0.4, 0.5) is 4.39 Å². The average molecular weight is 254 g/mol. The predicted molar refractivity (Wildman–Crippen MR) is 63.5 cm³/mol. The molecule has 2 aliphatic carbocycles. The summed E-state index contributed by atoms with van der Waals surface area (Å²) in [6.45, 7) is -0.506. The maximum Gasteiger partial charge on any atom is 0.246 e. The fourth-order valence-corrected chi connectivity index (χ4v) is 3.45. The molecule has 0 radical (unpaired) electrons. The zero-order chi connectivity index (χ0) is 12.8. The van der Waals surface area contributed by atoms with Crippen molar-refractivity contribution in [1.82, 2.24) is 10.2 Å². The van der Waals surface area contributed by atoms with Gasteiger partial charge < -0.3 is 10.2 Å². The molecule has 3 fully saturated rings. The molecule has 1 N–H and O–H groups in total. The third-order valence-electron chi connectivity index (χ3n) is 4.59. The SMILES string of the molecule is O=C1C(C2CC2)NC(=O)C2(CCCC2)N1CCF. The molecular weight excluding hydrogens is 235 g/mol. The second kappa shape index (κ2) is 4.21. The molecule has 1 unspecified atom stereocenters. The molecule has 1 heterocycles. The summed E-state index contributed by atoms with van der Waals surface area (Å²) in [7, 11) is 0. The summed E-state index contributed by atoms with van der Waals surface area (Å²) in [5.74, 6) is 0.170. The molecule has 1 spiro atoms. The number of nitrogens with zero attached hydrogens (tertiary/aromatic N) is 1. The van der Waals surface area contributed by atoms with Crippen LogP contribution in [0.15, 0.2) is 0 Å². The molecule has 3 aliphatic rings. The van der Waals surface area contributed by atoms with E-state index >= 15 is 0 Å². The highest BCUT2D eigenvalue weighted by Gasteiger charge is 2.55. The zero-order valence-corrected chi connectivity index (χ0v) is 10.5. The monoisotopic (exact) mass is 254 g/mol. The normalized spacial score (nSPS) is 30.9. The summed E-state index contributed by atoms with van der Waals surface area (Å²) in [5, 5.41) is 2.90. The smallest absolute Gasteiger partial charge is 0.246 e. The number of carbonyl (C=O) groups excluding carboxylic acids is 2. The van der Waals surface area contributed by atoms with Gasteiger partial charge in [0.2, 0.25) is 11.8 Å². The molecule has 18 heavy (non-hydrogen) atoms. The van der Waals surface area contributed by atoms with Gasteiger partial charge >= 0.3 is 0 Å². The van der Waals surface area contributed by atoms with Crippen molar-refractivity contribution >= 4 is 11.8 Å². The minimum Gasteiger partial charge on any atom is -0.342 e. The van der Waals surface area contributed by atoms with E-state index in [2.05, 4.69) is 5.32 Å². The molecule has 1 atom stereocenters. The lowest BCUT2D eigenvalue weighted by Crippen LogP contribution is -2.70. The largest absolute Gasteiger partial charge is 0.342 e. The molecule has 100 valence electrons. The maximum absolute atomic E-state index is 12.7. The molecule has 3 rings (SSSR count). The molecule has 1 saturated heterocycles. The maximum atomic E-state index is 12.7. The fraction of sp³-hybridized carbons (Fsp3) is 0.846. The summed E-state index contributed by atoms with van der Waals surface area (Å²) in [6.07, 6.45) is 5.24. The van der Waals surface area contributed by atoms with Crippen LogP contribution in [0.3, 0.4) is 0 Å². The van der Waals surface area contributed by atoms with Gasteiger partial charge in [-0.2, -0.15) is 0 Å². The fourth-order valence-electron chi connectivity index (χ4n) is 3.45. The standard InChI is InChI=1S/C13H19FN2O2/c14-7-8-16-11(17)10(9-3-4-9)15-12(18)13(16)5-1-2-6-13/h9-10H,1-8H2,(H,15,18). The second-order valence-electron chi connectivity index (χ2n) is 5.71. The predicted octanol–water partition coefficient (Wildman–Crippen LogP) is 1.01. The summed E-state index contributed by atoms with van der Waals surface area (Å²) >= 11 is 0. The minimum atomic E-state index is -0.742. The van der Waals surface area contributed by atoms with Gasteiger partial charge in [0.05, 0.1) is 6.54 Å². The molecule has 0 bridgehead atoms. The number of carbonyl (C=O) groups is 2. The van der Waals surface area contributed by atoms with E-state index in [1.165, 1.54) is 0 Å². The van der Waals surface area contributed by atoms with Crippen molar-refractivity contribution < 1.29 is 14.0 Å². The number of piperazine rings is 1. The van der Waals surface area contributed by atoms with Crippen LogP contribution in [0.5, 0.6) is 0 Å². The number of alkyl halides is 1. The Labute approximate surface area is 106 Å². The second-order valence-corrected chi connectivity index (χ2v) is 5.71. The molecule has 2 saturated carbocycles. The number of hydrogen-bond acceptors (Lipinski definition) is 2. The molecule has 0 aromatic carbocycles. The van der Waals surface area contributed by atoms with Crippen molar-refractivity contribution in [2.24, 2.45) is 5.92 Å². The summed E-state index contributed by atoms with van der Waals surface area (Å²) in [6, 6.07) is -0.393. The van der Waals surface area contributed by atoms with E-state index in [9.17, 15) is 14.0 Å². The quantitative estimate of drug-likeness (QED) is 0.817. The summed E-state index contributed by atoms with van der Waals surface area (Å²) in [5.41, 5.74) is -0.742. The third-order valence-corrected chi connectivity index (χ3v) is 4.59. The van der Waals surface area contributed by atoms with Gasteiger partial charge in [-0.1, -0.05) is 12.8 Å². The Balaban J connectivity index is 1.89. The molecular formula is C13H19FN2O2. The van der Waals surface area contributed by atoms with Crippen LogP contribution < -0.4 is 5.32 Å². The summed E-state index contributed by atoms with van der Waals surface area (Å²) in [4.78, 5) is 26.4. The highest BCUT2D eigenvalue weighted by atomic mass is 19.1. The molecule has 1 aliphatic heterocycles. The lowest BCUT2D eigenvalue weighted by atomic mass is 9.88. The van der Waals surface area contributed by atoms with Crippen LogP contribution in [0, 0.1) is 5.92 Å². The Morgan fingerprint density at radius 2 is 1.94 bits per heavy atom. The Hall–Kier alpha value is -1.13. The van der Waals surface area contributed by atoms with Crippen molar-refractivity contribution in [3.8, 4) is 0 Å². The van der Waals surface area contributed by atoms with E-state index < -0.39 is 18.3 Å². The van der Waals surface area contributed by atoms with Gasteiger partial charge in [-0.3, -0.25) is 9.59 Å². The van der Waals surface area contributed by atoms with Crippen LogP contribution in [-0.4, -0.2) is 41.5 Å². The number of rotatable bonds is 3. The van der Waals surface area contributed by atoms with Gasteiger partial charge in [0.1, 0.15) is 18.3 Å². The van der Waals surface area contributed by atoms with Gasteiger partial charge in [-0.15, -0.1) is 0 Å². The van der Waals surface area contributed by atoms with Crippen molar-refractivity contribution in [2.45, 2.75) is 50.1 Å². The van der Waals surface area contributed by atoms with Crippen LogP contribution in [-0.2, 0) is 9.59 Å². The van der Waals surface area contributed by atoms with Crippen molar-refractivity contribution in [3.05, 3.63) is 0 Å². The van der Waals surface area contributed by atoms with E-state index in [0.29, 0.717) is 12.8 Å². The number of hydrogen-bond donors (Lipinski definition) is 1. The number of amides is 2. The lowest BCUT2D eigenvalue weighted by Gasteiger charge is -2.46. The van der Waals surface area contributed by atoms with E-state index in [1.807, 2.05) is 0 Å². The average Bonchev–Trinajstić information content (AvgIpc) is 3.08. The summed E-state index contributed by atoms with van der Waals surface area (Å²) < 4.78 is 12.7. The van der Waals surface area contributed by atoms with E-state index in [0.717, 1.165) is 25.7 Å². The van der Waals surface area contributed by atoms with Gasteiger partial charge in [-0.25, -0.2) is 4.39 Å². The molecule has 2 amide bonds. The van der Waals surface area contributed by atoms with Crippen molar-refractivity contribution in [3.63, 3.8) is 0 Å². The van der Waals surface area contributed by atoms with Gasteiger partial charge in [0.15, 0.2) is 0 Å². The number of nitrogens with one attached hydrogen (secondary N) is 1. The Kier molecular flexibility index (Phi) is 2.79. The molecule has 5 heteroatoms. The van der Waals surface area contributed by atoms with Crippen LogP contribution in [0.1, 0.15) is 38.5 Å². The van der Waals surface area contributed by atoms with Crippen molar-refractivity contribution in [2.75, 3.05) is 13.2 Å². The molecule has 0 aromatic rings. The number of halogens is 1. The van der Waals surface area contributed by atoms with E-state index in [-0.39, 0.29) is 24.3 Å². The third kappa shape index (κ3) is 1.63. The first-order chi connectivity index (χ1) is 8.69. The zero-order valence-electron chi connectivity index (χ0n) is 10.5. The van der Waals surface area contributed by atoms with Crippen LogP contribution >= 0.6 is 0 Å². The van der Waals surface area contributed by atoms with Gasteiger partial charge in [0, 0.05) is 0 Å². The highest BCUT2D eigenvalue weighted by molar-refractivity contribution is 6.00. The molecule has 4 nitrogen and oxygen atoms in total. The van der Waals surface area contributed by atoms with Gasteiger partial charge in [-0.05, 0) is 31.6 Å². The minimum absolute atomic E-state index is 0.0510. The Morgan fingerprint density at radius 3 is 2.50 bits per heavy atom. The first-order valence-electron chi connectivity index (χ1n) is 6.87. The Morgan fingerprint density at radius 1 is 1.28 bits per heavy atom. The highest BCUT2D eigenvalue weighted by Crippen LogP contribution is 2.42. The van der Waals surface area contributed by atoms with E-state index in [1.54, 1.807) is 4.90 Å². The van der Waals surface area contributed by atoms with E-state index in [4.69, 9.17) is 0 Å². The van der Waals surface area contributed by atoms with Crippen LogP contribution in [0.25, 0.3) is 0 Å². The first kappa shape index (κ1) is 11.9. The topological polar surface area (TPSA) is 49.4 Å². The lowest BCUT2D eigenvalue weighted by molar-refractivity contribution is -0.158. The van der Waals surface area contributed by atoms with Gasteiger partial charge in [0.25, 0.3) is 0 Å². The molecule has 0 aromatic heterocycles. The van der Waals surface area contributed by atoms with Crippen LogP contribution in [0.2, 0.25) is 0 Å². The first-order valence-corrected chi connectivity index (χ1v) is 6.87. The Bertz CT molecular complexity index is 375.